The molecule has 1 atom stereocenters. The molecule has 1 saturated heterocycles. The molecule has 0 amide bonds. The van der Waals surface area contributed by atoms with Gasteiger partial charge >= 0.3 is 0 Å². The van der Waals surface area contributed by atoms with Crippen molar-refractivity contribution in [2.45, 2.75) is 12.6 Å². The maximum absolute atomic E-state index is 6.09. The van der Waals surface area contributed by atoms with Crippen LogP contribution in [-0.4, -0.2) is 55.8 Å². The summed E-state index contributed by atoms with van der Waals surface area (Å²) in [6.45, 7) is 3.24. The number of aromatic nitrogens is 2. The van der Waals surface area contributed by atoms with Gasteiger partial charge in [-0.1, -0.05) is 12.1 Å². The molecule has 6 heteroatoms. The zero-order chi connectivity index (χ0) is 20.9. The number of morpholine rings is 1. The molecule has 2 aromatic heterocycles. The van der Waals surface area contributed by atoms with E-state index < -0.39 is 0 Å². The first-order chi connectivity index (χ1) is 14.6. The number of nitrogens with zero attached hydrogens (tertiary/aromatic N) is 4. The molecule has 4 rings (SSSR count). The number of pyridine rings is 2. The van der Waals surface area contributed by atoms with Crippen molar-refractivity contribution in [3.8, 4) is 17.0 Å². The highest BCUT2D eigenvalue weighted by Gasteiger charge is 2.24. The fourth-order valence-corrected chi connectivity index (χ4v) is 3.78. The second-order valence-corrected chi connectivity index (χ2v) is 7.65. The predicted molar refractivity (Wildman–Crippen MR) is 119 cm³/mol. The minimum Gasteiger partial charge on any atom is -0.497 e. The second kappa shape index (κ2) is 9.24. The van der Waals surface area contributed by atoms with Crippen LogP contribution in [0.5, 0.6) is 5.75 Å². The van der Waals surface area contributed by atoms with Crippen molar-refractivity contribution < 1.29 is 9.47 Å². The van der Waals surface area contributed by atoms with Crippen LogP contribution in [0.2, 0.25) is 0 Å². The summed E-state index contributed by atoms with van der Waals surface area (Å²) in [5.41, 5.74) is 4.20. The average molecular weight is 405 g/mol. The van der Waals surface area contributed by atoms with Crippen LogP contribution in [0, 0.1) is 0 Å². The molecule has 156 valence electrons. The zero-order valence-electron chi connectivity index (χ0n) is 17.8. The molecule has 3 heterocycles. The molecule has 0 aliphatic carbocycles. The van der Waals surface area contributed by atoms with Gasteiger partial charge in [-0.2, -0.15) is 0 Å². The molecular formula is C24H28N4O2. The average Bonchev–Trinajstić information content (AvgIpc) is 2.80. The maximum Gasteiger partial charge on any atom is 0.132 e. The summed E-state index contributed by atoms with van der Waals surface area (Å²) in [6, 6.07) is 18.3. The Kier molecular flexibility index (Phi) is 6.26. The van der Waals surface area contributed by atoms with E-state index in [-0.39, 0.29) is 6.10 Å². The van der Waals surface area contributed by atoms with Gasteiger partial charge in [-0.25, -0.2) is 4.98 Å². The van der Waals surface area contributed by atoms with Crippen molar-refractivity contribution >= 4 is 5.82 Å². The molecule has 0 saturated carbocycles. The standard InChI is InChI=1S/C24H28N4O2/c1-27(2)24-19(6-5-13-25-24)16-28-14-15-30-23(17-28)22-8-4-7-21(26-22)18-9-11-20(29-3)12-10-18/h4-13,23H,14-17H2,1-3H3. The number of anilines is 1. The van der Waals surface area contributed by atoms with Gasteiger partial charge in [0.15, 0.2) is 0 Å². The number of ether oxygens (including phenoxy) is 2. The molecule has 0 spiro atoms. The van der Waals surface area contributed by atoms with E-state index >= 15 is 0 Å². The Morgan fingerprint density at radius 3 is 2.70 bits per heavy atom. The molecule has 1 aliphatic heterocycles. The van der Waals surface area contributed by atoms with Gasteiger partial charge in [0, 0.05) is 51.1 Å². The Bertz CT molecular complexity index is 975. The first kappa shape index (κ1) is 20.3. The van der Waals surface area contributed by atoms with Crippen molar-refractivity contribution in [2.24, 2.45) is 0 Å². The highest BCUT2D eigenvalue weighted by atomic mass is 16.5. The molecule has 1 aromatic carbocycles. The predicted octanol–water partition coefficient (Wildman–Crippen LogP) is 3.79. The van der Waals surface area contributed by atoms with Crippen LogP contribution in [0.4, 0.5) is 5.82 Å². The fourth-order valence-electron chi connectivity index (χ4n) is 3.78. The number of hydrogen-bond donors (Lipinski definition) is 0. The SMILES string of the molecule is COc1ccc(-c2cccc(C3CN(Cc4cccnc4N(C)C)CCO3)n2)cc1. The van der Waals surface area contributed by atoms with E-state index in [0.29, 0.717) is 6.61 Å². The lowest BCUT2D eigenvalue weighted by atomic mass is 10.1. The lowest BCUT2D eigenvalue weighted by Gasteiger charge is -2.33. The number of benzene rings is 1. The van der Waals surface area contributed by atoms with Crippen LogP contribution >= 0.6 is 0 Å². The normalized spacial score (nSPS) is 17.0. The van der Waals surface area contributed by atoms with Crippen LogP contribution in [0.15, 0.2) is 60.8 Å². The van der Waals surface area contributed by atoms with E-state index in [1.54, 1.807) is 7.11 Å². The lowest BCUT2D eigenvalue weighted by molar-refractivity contribution is -0.0349. The Morgan fingerprint density at radius 2 is 1.93 bits per heavy atom. The summed E-state index contributed by atoms with van der Waals surface area (Å²) in [5.74, 6) is 1.86. The van der Waals surface area contributed by atoms with Gasteiger partial charge in [0.1, 0.15) is 17.7 Å². The molecular weight excluding hydrogens is 376 g/mol. The van der Waals surface area contributed by atoms with Gasteiger partial charge in [-0.3, -0.25) is 9.88 Å². The molecule has 0 N–H and O–H groups in total. The highest BCUT2D eigenvalue weighted by molar-refractivity contribution is 5.60. The number of methoxy groups -OCH3 is 1. The lowest BCUT2D eigenvalue weighted by Crippen LogP contribution is -2.38. The Morgan fingerprint density at radius 1 is 1.10 bits per heavy atom. The van der Waals surface area contributed by atoms with E-state index in [1.165, 1.54) is 5.56 Å². The minimum atomic E-state index is -0.0450. The van der Waals surface area contributed by atoms with E-state index in [0.717, 1.165) is 48.2 Å². The van der Waals surface area contributed by atoms with Gasteiger partial charge in [0.25, 0.3) is 0 Å². The molecule has 0 bridgehead atoms. The molecule has 30 heavy (non-hydrogen) atoms. The van der Waals surface area contributed by atoms with Crippen LogP contribution in [0.25, 0.3) is 11.3 Å². The summed E-state index contributed by atoms with van der Waals surface area (Å²) < 4.78 is 11.3. The third kappa shape index (κ3) is 4.61. The zero-order valence-corrected chi connectivity index (χ0v) is 17.8. The molecule has 6 nitrogen and oxygen atoms in total. The third-order valence-corrected chi connectivity index (χ3v) is 5.32. The summed E-state index contributed by atoms with van der Waals surface area (Å²) in [6.07, 6.45) is 1.80. The van der Waals surface area contributed by atoms with Crippen LogP contribution in [-0.2, 0) is 11.3 Å². The highest BCUT2D eigenvalue weighted by Crippen LogP contribution is 2.27. The van der Waals surface area contributed by atoms with Crippen LogP contribution in [0.3, 0.4) is 0 Å². The molecule has 1 unspecified atom stereocenters. The Balaban J connectivity index is 1.49. The van der Waals surface area contributed by atoms with E-state index in [1.807, 2.05) is 56.7 Å². The second-order valence-electron chi connectivity index (χ2n) is 7.65. The molecule has 3 aromatic rings. The van der Waals surface area contributed by atoms with Crippen molar-refractivity contribution in [1.29, 1.82) is 0 Å². The monoisotopic (exact) mass is 404 g/mol. The summed E-state index contributed by atoms with van der Waals surface area (Å²) in [5, 5.41) is 0. The van der Waals surface area contributed by atoms with Gasteiger partial charge in [-0.05, 0) is 42.5 Å². The van der Waals surface area contributed by atoms with E-state index in [4.69, 9.17) is 14.5 Å². The number of hydrogen-bond acceptors (Lipinski definition) is 6. The maximum atomic E-state index is 6.09. The minimum absolute atomic E-state index is 0.0450. The topological polar surface area (TPSA) is 50.7 Å². The fraction of sp³-hybridized carbons (Fsp3) is 0.333. The number of rotatable bonds is 6. The van der Waals surface area contributed by atoms with Gasteiger partial charge in [0.2, 0.25) is 0 Å². The van der Waals surface area contributed by atoms with Crippen molar-refractivity contribution in [1.82, 2.24) is 14.9 Å². The van der Waals surface area contributed by atoms with Crippen molar-refractivity contribution in [3.05, 3.63) is 72.1 Å². The first-order valence-corrected chi connectivity index (χ1v) is 10.2. The van der Waals surface area contributed by atoms with E-state index in [9.17, 15) is 0 Å². The van der Waals surface area contributed by atoms with Gasteiger partial charge < -0.3 is 14.4 Å². The summed E-state index contributed by atoms with van der Waals surface area (Å²) in [7, 11) is 5.73. The summed E-state index contributed by atoms with van der Waals surface area (Å²) >= 11 is 0. The van der Waals surface area contributed by atoms with Crippen molar-refractivity contribution in [2.75, 3.05) is 45.8 Å². The summed E-state index contributed by atoms with van der Waals surface area (Å²) in [4.78, 5) is 13.9. The molecule has 1 fully saturated rings. The first-order valence-electron chi connectivity index (χ1n) is 10.2. The van der Waals surface area contributed by atoms with Crippen molar-refractivity contribution in [3.63, 3.8) is 0 Å². The van der Waals surface area contributed by atoms with Gasteiger partial charge in [-0.15, -0.1) is 0 Å². The smallest absolute Gasteiger partial charge is 0.132 e. The Hall–Kier alpha value is -2.96. The largest absolute Gasteiger partial charge is 0.497 e. The third-order valence-electron chi connectivity index (χ3n) is 5.32. The molecule has 0 radical (unpaired) electrons. The van der Waals surface area contributed by atoms with Gasteiger partial charge in [0.05, 0.1) is 25.1 Å². The van der Waals surface area contributed by atoms with Crippen LogP contribution < -0.4 is 9.64 Å². The van der Waals surface area contributed by atoms with E-state index in [2.05, 4.69) is 33.0 Å². The van der Waals surface area contributed by atoms with Crippen LogP contribution in [0.1, 0.15) is 17.4 Å². The quantitative estimate of drug-likeness (QED) is 0.623. The molecule has 1 aliphatic rings. The Labute approximate surface area is 178 Å².